The highest BCUT2D eigenvalue weighted by Crippen LogP contribution is 2.67. The monoisotopic (exact) mass is 451 g/mol. The zero-order valence-electron chi connectivity index (χ0n) is 16.5. The van der Waals surface area contributed by atoms with Crippen LogP contribution >= 0.6 is 0 Å². The lowest BCUT2D eigenvalue weighted by atomic mass is 9.39. The molecule has 168 valence electrons. The Bertz CT molecular complexity index is 1210. The largest absolute Gasteiger partial charge is 0.522 e. The van der Waals surface area contributed by atoms with Gasteiger partial charge in [0.2, 0.25) is 11.8 Å². The number of nitrogens with zero attached hydrogens (tertiary/aromatic N) is 4. The van der Waals surface area contributed by atoms with Gasteiger partial charge in [-0.25, -0.2) is 9.37 Å². The fraction of sp³-hybridized carbons (Fsp3) is 0.500. The maximum absolute atomic E-state index is 13.3. The number of rotatable bonds is 5. The van der Waals surface area contributed by atoms with E-state index in [-0.39, 0.29) is 41.3 Å². The van der Waals surface area contributed by atoms with Crippen LogP contribution in [0.1, 0.15) is 60.3 Å². The van der Waals surface area contributed by atoms with Crippen molar-refractivity contribution in [1.82, 2.24) is 24.9 Å². The van der Waals surface area contributed by atoms with E-state index in [4.69, 9.17) is 4.42 Å². The second-order valence-electron chi connectivity index (χ2n) is 9.08. The molecule has 1 N–H and O–H groups in total. The number of hydrogen-bond acceptors (Lipinski definition) is 6. The Morgan fingerprint density at radius 2 is 2.00 bits per heavy atom. The molecule has 7 rings (SSSR count). The van der Waals surface area contributed by atoms with Crippen molar-refractivity contribution in [2.45, 2.75) is 61.4 Å². The third-order valence-electron chi connectivity index (χ3n) is 6.70. The number of amides is 1. The third kappa shape index (κ3) is 3.07. The summed E-state index contributed by atoms with van der Waals surface area (Å²) in [7, 11) is 0. The van der Waals surface area contributed by atoms with Crippen molar-refractivity contribution >= 4 is 11.6 Å². The fourth-order valence-corrected chi connectivity index (χ4v) is 5.19. The van der Waals surface area contributed by atoms with E-state index in [1.807, 2.05) is 0 Å². The van der Waals surface area contributed by atoms with Crippen LogP contribution in [0, 0.1) is 5.82 Å². The number of carbonyl (C=O) groups is 1. The van der Waals surface area contributed by atoms with E-state index in [1.165, 1.54) is 18.3 Å². The summed E-state index contributed by atoms with van der Waals surface area (Å²) in [4.78, 5) is 16.8. The lowest BCUT2D eigenvalue weighted by molar-refractivity contribution is -0.352. The van der Waals surface area contributed by atoms with Crippen LogP contribution in [-0.4, -0.2) is 43.5 Å². The molecule has 8 nitrogen and oxygen atoms in total. The van der Waals surface area contributed by atoms with Gasteiger partial charge < -0.3 is 14.1 Å². The molecule has 0 atom stereocenters. The first kappa shape index (κ1) is 19.6. The highest BCUT2D eigenvalue weighted by molar-refractivity contribution is 5.93. The number of imidazole rings is 1. The van der Waals surface area contributed by atoms with Gasteiger partial charge in [0.1, 0.15) is 17.2 Å². The summed E-state index contributed by atoms with van der Waals surface area (Å²) < 4.78 is 61.4. The normalized spacial score (nSPS) is 31.0. The summed E-state index contributed by atoms with van der Waals surface area (Å²) >= 11 is 0. The van der Waals surface area contributed by atoms with Gasteiger partial charge in [-0.05, 0) is 38.2 Å². The van der Waals surface area contributed by atoms with Crippen molar-refractivity contribution in [2.75, 3.05) is 0 Å². The molecule has 3 heterocycles. The van der Waals surface area contributed by atoms with Crippen LogP contribution in [0.5, 0.6) is 0 Å². The van der Waals surface area contributed by atoms with Crippen LogP contribution in [0.3, 0.4) is 0 Å². The SMILES string of the molecule is O=C(NC12CC(c3nnc(C4CC(OC(F)(F)F)C4)o3)(C1)C2)c1cn2ccc(F)cc2n1. The van der Waals surface area contributed by atoms with Gasteiger partial charge in [0.25, 0.3) is 5.91 Å². The highest BCUT2D eigenvalue weighted by Gasteiger charge is 2.72. The molecule has 3 aromatic rings. The smallest absolute Gasteiger partial charge is 0.424 e. The predicted octanol–water partition coefficient (Wildman–Crippen LogP) is 3.24. The Labute approximate surface area is 178 Å². The molecule has 0 aliphatic heterocycles. The Hall–Kier alpha value is -3.02. The number of fused-ring (bicyclic) bond motifs is 1. The van der Waals surface area contributed by atoms with E-state index in [0.717, 1.165) is 0 Å². The Kier molecular flexibility index (Phi) is 3.85. The number of carbonyl (C=O) groups excluding carboxylic acids is 1. The zero-order chi connectivity index (χ0) is 22.3. The zero-order valence-corrected chi connectivity index (χ0v) is 16.5. The number of halogens is 4. The summed E-state index contributed by atoms with van der Waals surface area (Å²) in [5.74, 6) is -0.197. The summed E-state index contributed by atoms with van der Waals surface area (Å²) in [6.45, 7) is 0. The van der Waals surface area contributed by atoms with Crippen LogP contribution in [0.25, 0.3) is 5.65 Å². The molecule has 32 heavy (non-hydrogen) atoms. The molecular formula is C20H17F4N5O3. The average Bonchev–Trinajstić information content (AvgIpc) is 3.25. The third-order valence-corrected chi connectivity index (χ3v) is 6.70. The van der Waals surface area contributed by atoms with Crippen molar-refractivity contribution in [3.05, 3.63) is 47.8 Å². The standard InChI is InChI=1S/C20H17F4N5O3/c21-11-1-2-29-6-13(25-14(29)5-11)15(30)26-19-7-18(8-19,9-19)17-28-27-16(31-17)10-3-12(4-10)32-20(22,23)24/h1-2,5-6,10,12H,3-4,7-9H2,(H,26,30). The minimum Gasteiger partial charge on any atom is -0.424 e. The quantitative estimate of drug-likeness (QED) is 0.599. The van der Waals surface area contributed by atoms with E-state index in [0.29, 0.717) is 36.7 Å². The van der Waals surface area contributed by atoms with Gasteiger partial charge in [0.05, 0.1) is 11.5 Å². The minimum absolute atomic E-state index is 0.192. The number of pyridine rings is 1. The molecule has 1 amide bonds. The van der Waals surface area contributed by atoms with Gasteiger partial charge in [-0.15, -0.1) is 23.4 Å². The van der Waals surface area contributed by atoms with Crippen molar-refractivity contribution in [1.29, 1.82) is 0 Å². The Morgan fingerprint density at radius 1 is 1.25 bits per heavy atom. The molecule has 0 unspecified atom stereocenters. The van der Waals surface area contributed by atoms with E-state index in [1.54, 1.807) is 10.6 Å². The topological polar surface area (TPSA) is 94.5 Å². The molecule has 12 heteroatoms. The lowest BCUT2D eigenvalue weighted by Crippen LogP contribution is -2.76. The highest BCUT2D eigenvalue weighted by atomic mass is 19.4. The van der Waals surface area contributed by atoms with Gasteiger partial charge >= 0.3 is 6.36 Å². The van der Waals surface area contributed by atoms with Crippen LogP contribution in [0.2, 0.25) is 0 Å². The lowest BCUT2D eigenvalue weighted by Gasteiger charge is -2.68. The molecule has 4 saturated carbocycles. The van der Waals surface area contributed by atoms with E-state index < -0.39 is 18.3 Å². The summed E-state index contributed by atoms with van der Waals surface area (Å²) in [5, 5.41) is 11.1. The summed E-state index contributed by atoms with van der Waals surface area (Å²) in [6.07, 6.45) is -0.172. The molecule has 0 aromatic carbocycles. The predicted molar refractivity (Wildman–Crippen MR) is 98.1 cm³/mol. The number of alkyl halides is 3. The molecule has 3 aromatic heterocycles. The fourth-order valence-electron chi connectivity index (χ4n) is 5.19. The van der Waals surface area contributed by atoms with Crippen LogP contribution in [0.4, 0.5) is 17.6 Å². The maximum atomic E-state index is 13.3. The first-order chi connectivity index (χ1) is 15.1. The van der Waals surface area contributed by atoms with Crippen LogP contribution in [-0.2, 0) is 10.2 Å². The molecule has 4 fully saturated rings. The maximum Gasteiger partial charge on any atom is 0.522 e. The molecule has 4 aliphatic carbocycles. The van der Waals surface area contributed by atoms with Gasteiger partial charge in [-0.3, -0.25) is 9.53 Å². The van der Waals surface area contributed by atoms with Crippen LogP contribution in [0.15, 0.2) is 28.9 Å². The van der Waals surface area contributed by atoms with Gasteiger partial charge in [-0.2, -0.15) is 0 Å². The molecule has 0 radical (unpaired) electrons. The van der Waals surface area contributed by atoms with E-state index in [9.17, 15) is 22.4 Å². The van der Waals surface area contributed by atoms with E-state index in [2.05, 4.69) is 25.2 Å². The average molecular weight is 451 g/mol. The van der Waals surface area contributed by atoms with Crippen molar-refractivity contribution in [3.8, 4) is 0 Å². The number of aromatic nitrogens is 4. The summed E-state index contributed by atoms with van der Waals surface area (Å²) in [6, 6.07) is 2.53. The van der Waals surface area contributed by atoms with Crippen molar-refractivity contribution in [2.24, 2.45) is 0 Å². The molecular weight excluding hydrogens is 434 g/mol. The van der Waals surface area contributed by atoms with Gasteiger partial charge in [0.15, 0.2) is 0 Å². The first-order valence-corrected chi connectivity index (χ1v) is 10.2. The molecule has 0 spiro atoms. The van der Waals surface area contributed by atoms with Gasteiger partial charge in [0, 0.05) is 29.9 Å². The summed E-state index contributed by atoms with van der Waals surface area (Å²) in [5.41, 5.74) is -0.113. The molecule has 2 bridgehead atoms. The first-order valence-electron chi connectivity index (χ1n) is 10.2. The van der Waals surface area contributed by atoms with Crippen molar-refractivity contribution in [3.63, 3.8) is 0 Å². The molecule has 4 aliphatic rings. The minimum atomic E-state index is -4.64. The van der Waals surface area contributed by atoms with Gasteiger partial charge in [-0.1, -0.05) is 0 Å². The second kappa shape index (κ2) is 6.27. The van der Waals surface area contributed by atoms with E-state index >= 15 is 0 Å². The number of nitrogens with one attached hydrogen (secondary N) is 1. The molecule has 0 saturated heterocycles. The Balaban J connectivity index is 1.06. The number of ether oxygens (including phenoxy) is 1. The second-order valence-corrected chi connectivity index (χ2v) is 9.08. The van der Waals surface area contributed by atoms with Crippen molar-refractivity contribution < 1.29 is 31.5 Å². The van der Waals surface area contributed by atoms with Crippen LogP contribution < -0.4 is 5.32 Å². The number of hydrogen-bond donors (Lipinski definition) is 1. The Morgan fingerprint density at radius 3 is 2.72 bits per heavy atom.